The summed E-state index contributed by atoms with van der Waals surface area (Å²) in [6.07, 6.45) is 0. The van der Waals surface area contributed by atoms with Crippen molar-refractivity contribution in [1.29, 1.82) is 0 Å². The molecular formula is C12H10N4O2S. The van der Waals surface area contributed by atoms with E-state index in [2.05, 4.69) is 15.2 Å². The van der Waals surface area contributed by atoms with Gasteiger partial charge in [-0.15, -0.1) is 9.90 Å². The summed E-state index contributed by atoms with van der Waals surface area (Å²) in [7, 11) is 0. The third-order valence-corrected chi connectivity index (χ3v) is 3.67. The van der Waals surface area contributed by atoms with Crippen LogP contribution in [0.2, 0.25) is 0 Å². The minimum Gasteiger partial charge on any atom is -0.476 e. The maximum absolute atomic E-state index is 11.0. The summed E-state index contributed by atoms with van der Waals surface area (Å²) in [5.74, 6) is -1.08. The largest absolute Gasteiger partial charge is 0.476 e. The predicted octanol–water partition coefficient (Wildman–Crippen LogP) is 2.19. The minimum absolute atomic E-state index is 0.0459. The van der Waals surface area contributed by atoms with E-state index in [1.165, 1.54) is 16.1 Å². The lowest BCUT2D eigenvalue weighted by Crippen LogP contribution is -2.01. The number of hydrogen-bond acceptors (Lipinski definition) is 5. The predicted molar refractivity (Wildman–Crippen MR) is 71.0 cm³/mol. The summed E-state index contributed by atoms with van der Waals surface area (Å²) in [6.45, 7) is 3.63. The summed E-state index contributed by atoms with van der Waals surface area (Å²) in [4.78, 5) is 16.6. The fourth-order valence-corrected chi connectivity index (χ4v) is 2.73. The van der Waals surface area contributed by atoms with Crippen molar-refractivity contribution in [2.24, 2.45) is 0 Å². The molecule has 96 valence electrons. The van der Waals surface area contributed by atoms with E-state index in [1.807, 2.05) is 25.1 Å². The monoisotopic (exact) mass is 274 g/mol. The molecule has 3 rings (SSSR count). The number of benzene rings is 1. The van der Waals surface area contributed by atoms with Crippen LogP contribution in [0.1, 0.15) is 21.7 Å². The molecule has 1 N–H and O–H groups in total. The average Bonchev–Trinajstić information content (AvgIpc) is 2.91. The molecule has 0 aliphatic heterocycles. The van der Waals surface area contributed by atoms with Crippen LogP contribution >= 0.6 is 11.3 Å². The molecule has 0 fully saturated rings. The van der Waals surface area contributed by atoms with Crippen LogP contribution in [-0.4, -0.2) is 31.1 Å². The highest BCUT2D eigenvalue weighted by Crippen LogP contribution is 2.25. The van der Waals surface area contributed by atoms with Crippen LogP contribution in [0.3, 0.4) is 0 Å². The molecule has 0 amide bonds. The Morgan fingerprint density at radius 1 is 1.32 bits per heavy atom. The molecular weight excluding hydrogens is 264 g/mol. The summed E-state index contributed by atoms with van der Waals surface area (Å²) >= 11 is 1.43. The maximum Gasteiger partial charge on any atom is 0.358 e. The van der Waals surface area contributed by atoms with Crippen molar-refractivity contribution in [3.8, 4) is 5.13 Å². The number of aromatic carboxylic acids is 1. The highest BCUT2D eigenvalue weighted by Gasteiger charge is 2.16. The molecule has 2 aromatic heterocycles. The standard InChI is InChI=1S/C12H10N4O2S/c1-6-3-4-8-9(5-6)19-12(13-8)16-14-7(2)10(15-16)11(17)18/h3-5H,1-2H3,(H,17,18). The quantitative estimate of drug-likeness (QED) is 0.774. The average molecular weight is 274 g/mol. The number of aryl methyl sites for hydroxylation is 2. The van der Waals surface area contributed by atoms with E-state index in [-0.39, 0.29) is 5.69 Å². The van der Waals surface area contributed by atoms with Gasteiger partial charge in [0.25, 0.3) is 0 Å². The molecule has 2 heterocycles. The van der Waals surface area contributed by atoms with Crippen LogP contribution in [-0.2, 0) is 0 Å². The molecule has 6 nitrogen and oxygen atoms in total. The number of nitrogens with zero attached hydrogens (tertiary/aromatic N) is 4. The Labute approximate surface area is 112 Å². The second-order valence-corrected chi connectivity index (χ2v) is 5.21. The van der Waals surface area contributed by atoms with Gasteiger partial charge in [-0.3, -0.25) is 0 Å². The van der Waals surface area contributed by atoms with Crippen molar-refractivity contribution in [3.05, 3.63) is 35.2 Å². The Kier molecular flexibility index (Phi) is 2.56. The van der Waals surface area contributed by atoms with Gasteiger partial charge in [-0.05, 0) is 31.5 Å². The Balaban J connectivity index is 2.13. The van der Waals surface area contributed by atoms with E-state index >= 15 is 0 Å². The first kappa shape index (κ1) is 11.8. The number of rotatable bonds is 2. The number of aromatic nitrogens is 4. The molecule has 0 aliphatic rings. The Morgan fingerprint density at radius 3 is 2.79 bits per heavy atom. The molecule has 0 atom stereocenters. The molecule has 0 saturated carbocycles. The van der Waals surface area contributed by atoms with Crippen molar-refractivity contribution in [2.75, 3.05) is 0 Å². The summed E-state index contributed by atoms with van der Waals surface area (Å²) < 4.78 is 1.03. The molecule has 7 heteroatoms. The third-order valence-electron chi connectivity index (χ3n) is 2.69. The van der Waals surface area contributed by atoms with Crippen LogP contribution in [0, 0.1) is 13.8 Å². The van der Waals surface area contributed by atoms with Crippen LogP contribution in [0.15, 0.2) is 18.2 Å². The van der Waals surface area contributed by atoms with Crippen LogP contribution in [0.5, 0.6) is 0 Å². The van der Waals surface area contributed by atoms with Crippen molar-refractivity contribution in [1.82, 2.24) is 20.0 Å². The molecule has 0 spiro atoms. The Hall–Kier alpha value is -2.28. The summed E-state index contributed by atoms with van der Waals surface area (Å²) in [6, 6.07) is 5.94. The highest BCUT2D eigenvalue weighted by molar-refractivity contribution is 7.20. The summed E-state index contributed by atoms with van der Waals surface area (Å²) in [5.41, 5.74) is 2.34. The zero-order chi connectivity index (χ0) is 13.6. The Bertz CT molecular complexity index is 790. The number of carboxylic acid groups (broad SMARTS) is 1. The van der Waals surface area contributed by atoms with Gasteiger partial charge in [0.2, 0.25) is 5.13 Å². The van der Waals surface area contributed by atoms with Crippen molar-refractivity contribution in [2.45, 2.75) is 13.8 Å². The first-order chi connectivity index (χ1) is 9.04. The molecule has 0 aliphatic carbocycles. The van der Waals surface area contributed by atoms with Crippen LogP contribution in [0.25, 0.3) is 15.3 Å². The SMILES string of the molecule is Cc1ccc2nc(-n3nc(C)c(C(=O)O)n3)sc2c1. The molecule has 0 unspecified atom stereocenters. The van der Waals surface area contributed by atoms with Gasteiger partial charge in [0.15, 0.2) is 5.69 Å². The van der Waals surface area contributed by atoms with Gasteiger partial charge >= 0.3 is 5.97 Å². The van der Waals surface area contributed by atoms with E-state index in [0.717, 1.165) is 15.8 Å². The topological polar surface area (TPSA) is 80.9 Å². The zero-order valence-electron chi connectivity index (χ0n) is 10.3. The highest BCUT2D eigenvalue weighted by atomic mass is 32.1. The van der Waals surface area contributed by atoms with Gasteiger partial charge in [-0.25, -0.2) is 9.78 Å². The summed E-state index contributed by atoms with van der Waals surface area (Å²) in [5, 5.41) is 17.6. The lowest BCUT2D eigenvalue weighted by Gasteiger charge is -1.89. The van der Waals surface area contributed by atoms with Gasteiger partial charge in [-0.1, -0.05) is 17.4 Å². The van der Waals surface area contributed by atoms with Crippen molar-refractivity contribution in [3.63, 3.8) is 0 Å². The number of hydrogen-bond donors (Lipinski definition) is 1. The van der Waals surface area contributed by atoms with Gasteiger partial charge in [0.05, 0.1) is 15.9 Å². The zero-order valence-corrected chi connectivity index (χ0v) is 11.1. The number of thiazole rings is 1. The molecule has 0 saturated heterocycles. The first-order valence-electron chi connectivity index (χ1n) is 5.59. The second-order valence-electron chi connectivity index (χ2n) is 4.20. The van der Waals surface area contributed by atoms with Crippen LogP contribution < -0.4 is 0 Å². The molecule has 0 bridgehead atoms. The lowest BCUT2D eigenvalue weighted by molar-refractivity contribution is 0.0689. The minimum atomic E-state index is -1.08. The first-order valence-corrected chi connectivity index (χ1v) is 6.41. The Morgan fingerprint density at radius 2 is 2.11 bits per heavy atom. The van der Waals surface area contributed by atoms with Gasteiger partial charge in [-0.2, -0.15) is 5.10 Å². The molecule has 1 aromatic carbocycles. The molecule has 19 heavy (non-hydrogen) atoms. The van der Waals surface area contributed by atoms with E-state index in [9.17, 15) is 4.79 Å². The van der Waals surface area contributed by atoms with E-state index in [0.29, 0.717) is 10.8 Å². The number of fused-ring (bicyclic) bond motifs is 1. The number of carbonyl (C=O) groups is 1. The third kappa shape index (κ3) is 1.97. The van der Waals surface area contributed by atoms with Crippen LogP contribution in [0.4, 0.5) is 0 Å². The maximum atomic E-state index is 11.0. The lowest BCUT2D eigenvalue weighted by atomic mass is 10.2. The van der Waals surface area contributed by atoms with E-state index < -0.39 is 5.97 Å². The second kappa shape index (κ2) is 4.13. The molecule has 3 aromatic rings. The van der Waals surface area contributed by atoms with Crippen molar-refractivity contribution < 1.29 is 9.90 Å². The van der Waals surface area contributed by atoms with Gasteiger partial charge in [0.1, 0.15) is 0 Å². The fourth-order valence-electron chi connectivity index (χ4n) is 1.77. The fraction of sp³-hybridized carbons (Fsp3) is 0.167. The smallest absolute Gasteiger partial charge is 0.358 e. The van der Waals surface area contributed by atoms with Gasteiger partial charge < -0.3 is 5.11 Å². The van der Waals surface area contributed by atoms with E-state index in [4.69, 9.17) is 5.11 Å². The van der Waals surface area contributed by atoms with Gasteiger partial charge in [0, 0.05) is 0 Å². The van der Waals surface area contributed by atoms with E-state index in [1.54, 1.807) is 6.92 Å². The van der Waals surface area contributed by atoms with Crippen molar-refractivity contribution >= 4 is 27.5 Å². The normalized spacial score (nSPS) is 11.1. The number of carboxylic acids is 1. The molecule has 0 radical (unpaired) electrons.